The van der Waals surface area contributed by atoms with Crippen LogP contribution in [0.15, 0.2) is 91.0 Å². The Kier molecular flexibility index (Phi) is 5.18. The fraction of sp³-hybridized carbons (Fsp3) is 0.200. The summed E-state index contributed by atoms with van der Waals surface area (Å²) in [7, 11) is 1.65. The van der Waals surface area contributed by atoms with E-state index in [4.69, 9.17) is 9.47 Å². The van der Waals surface area contributed by atoms with E-state index in [1.807, 2.05) is 78.9 Å². The van der Waals surface area contributed by atoms with E-state index in [1.54, 1.807) is 7.11 Å². The lowest BCUT2D eigenvalue weighted by molar-refractivity contribution is 0.158. The highest BCUT2D eigenvalue weighted by Gasteiger charge is 2.42. The largest absolute Gasteiger partial charge is 0.493 e. The Bertz CT molecular complexity index is 950. The zero-order valence-electron chi connectivity index (χ0n) is 15.9. The zero-order valence-corrected chi connectivity index (χ0v) is 15.9. The summed E-state index contributed by atoms with van der Waals surface area (Å²) >= 11 is 0. The lowest BCUT2D eigenvalue weighted by atomic mass is 9.71. The van der Waals surface area contributed by atoms with E-state index in [2.05, 4.69) is 12.1 Å². The fourth-order valence-electron chi connectivity index (χ4n) is 3.95. The molecule has 142 valence electrons. The summed E-state index contributed by atoms with van der Waals surface area (Å²) in [6, 6.07) is 26.2. The lowest BCUT2D eigenvalue weighted by Crippen LogP contribution is -2.36. The van der Waals surface area contributed by atoms with Crippen LogP contribution in [0.4, 0.5) is 0 Å². The van der Waals surface area contributed by atoms with Crippen LogP contribution in [0.25, 0.3) is 0 Å². The summed E-state index contributed by atoms with van der Waals surface area (Å²) < 4.78 is 11.6. The second-order valence-corrected chi connectivity index (χ2v) is 7.05. The van der Waals surface area contributed by atoms with E-state index in [1.165, 1.54) is 0 Å². The van der Waals surface area contributed by atoms with Crippen LogP contribution < -0.4 is 9.47 Å². The van der Waals surface area contributed by atoms with Gasteiger partial charge < -0.3 is 14.6 Å². The molecule has 0 fully saturated rings. The molecule has 4 rings (SSSR count). The number of methoxy groups -OCH3 is 1. The van der Waals surface area contributed by atoms with E-state index in [0.29, 0.717) is 18.1 Å². The number of allylic oxidation sites excluding steroid dienone is 1. The Labute approximate surface area is 165 Å². The van der Waals surface area contributed by atoms with Gasteiger partial charge in [-0.25, -0.2) is 0 Å². The van der Waals surface area contributed by atoms with Crippen molar-refractivity contribution >= 4 is 0 Å². The van der Waals surface area contributed by atoms with E-state index in [0.717, 1.165) is 23.1 Å². The van der Waals surface area contributed by atoms with E-state index >= 15 is 0 Å². The van der Waals surface area contributed by atoms with Gasteiger partial charge in [0.2, 0.25) is 0 Å². The molecule has 3 aromatic carbocycles. The minimum Gasteiger partial charge on any atom is -0.493 e. The number of rotatable bonds is 6. The number of ether oxygens (including phenoxy) is 2. The number of hydrogen-bond donors (Lipinski definition) is 1. The molecular weight excluding hydrogens is 348 g/mol. The van der Waals surface area contributed by atoms with Gasteiger partial charge in [-0.2, -0.15) is 0 Å². The van der Waals surface area contributed by atoms with Crippen molar-refractivity contribution in [2.24, 2.45) is 0 Å². The fourth-order valence-corrected chi connectivity index (χ4v) is 3.95. The summed E-state index contributed by atoms with van der Waals surface area (Å²) in [5.41, 5.74) is 2.70. The van der Waals surface area contributed by atoms with Gasteiger partial charge in [0.25, 0.3) is 0 Å². The second kappa shape index (κ2) is 7.91. The molecule has 3 aromatic rings. The third kappa shape index (κ3) is 3.30. The van der Waals surface area contributed by atoms with Crippen LogP contribution in [0.2, 0.25) is 0 Å². The highest BCUT2D eigenvalue weighted by molar-refractivity contribution is 5.52. The van der Waals surface area contributed by atoms with Crippen LogP contribution in [-0.2, 0) is 12.0 Å². The van der Waals surface area contributed by atoms with Crippen LogP contribution in [0.3, 0.4) is 0 Å². The molecule has 0 heterocycles. The van der Waals surface area contributed by atoms with Gasteiger partial charge in [0.05, 0.1) is 18.6 Å². The maximum Gasteiger partial charge on any atom is 0.161 e. The summed E-state index contributed by atoms with van der Waals surface area (Å²) in [5, 5.41) is 10.9. The van der Waals surface area contributed by atoms with Crippen LogP contribution in [0.1, 0.15) is 23.1 Å². The summed E-state index contributed by atoms with van der Waals surface area (Å²) in [6.07, 6.45) is 4.07. The number of aliphatic hydroxyl groups is 1. The maximum absolute atomic E-state index is 10.9. The molecule has 0 saturated carbocycles. The number of hydrogen-bond acceptors (Lipinski definition) is 3. The van der Waals surface area contributed by atoms with Gasteiger partial charge in [0.15, 0.2) is 11.5 Å². The van der Waals surface area contributed by atoms with E-state index in [-0.39, 0.29) is 0 Å². The van der Waals surface area contributed by atoms with Gasteiger partial charge >= 0.3 is 0 Å². The molecule has 0 amide bonds. The molecule has 0 radical (unpaired) electrons. The third-order valence-electron chi connectivity index (χ3n) is 5.47. The van der Waals surface area contributed by atoms with Crippen molar-refractivity contribution in [3.8, 4) is 11.5 Å². The minimum absolute atomic E-state index is 0.477. The normalized spacial score (nSPS) is 20.9. The molecule has 0 unspecified atom stereocenters. The van der Waals surface area contributed by atoms with Crippen LogP contribution in [-0.4, -0.2) is 18.3 Å². The molecule has 1 aliphatic rings. The summed E-state index contributed by atoms with van der Waals surface area (Å²) in [4.78, 5) is 0. The molecule has 2 atom stereocenters. The van der Waals surface area contributed by atoms with Crippen molar-refractivity contribution < 1.29 is 14.6 Å². The Morgan fingerprint density at radius 2 is 1.61 bits per heavy atom. The molecule has 1 aliphatic carbocycles. The van der Waals surface area contributed by atoms with Gasteiger partial charge in [0, 0.05) is 0 Å². The maximum atomic E-state index is 10.9. The Morgan fingerprint density at radius 1 is 0.893 bits per heavy atom. The highest BCUT2D eigenvalue weighted by Crippen LogP contribution is 2.45. The van der Waals surface area contributed by atoms with Crippen molar-refractivity contribution in [3.63, 3.8) is 0 Å². The van der Waals surface area contributed by atoms with Gasteiger partial charge in [0.1, 0.15) is 6.61 Å². The Balaban J connectivity index is 1.68. The van der Waals surface area contributed by atoms with Crippen molar-refractivity contribution in [2.75, 3.05) is 7.11 Å². The first-order valence-electron chi connectivity index (χ1n) is 9.49. The molecule has 3 nitrogen and oxygen atoms in total. The monoisotopic (exact) mass is 372 g/mol. The average Bonchev–Trinajstić information content (AvgIpc) is 3.15. The van der Waals surface area contributed by atoms with Gasteiger partial charge in [-0.1, -0.05) is 78.9 Å². The minimum atomic E-state index is -0.587. The summed E-state index contributed by atoms with van der Waals surface area (Å²) in [5.74, 6) is 1.36. The molecule has 0 aliphatic heterocycles. The predicted molar refractivity (Wildman–Crippen MR) is 111 cm³/mol. The molecule has 1 N–H and O–H groups in total. The first-order valence-corrected chi connectivity index (χ1v) is 9.49. The Morgan fingerprint density at radius 3 is 2.25 bits per heavy atom. The quantitative estimate of drug-likeness (QED) is 0.627. The van der Waals surface area contributed by atoms with Crippen LogP contribution >= 0.6 is 0 Å². The molecule has 0 bridgehead atoms. The molecule has 0 spiro atoms. The highest BCUT2D eigenvalue weighted by atomic mass is 16.5. The predicted octanol–water partition coefficient (Wildman–Crippen LogP) is 4.88. The third-order valence-corrected chi connectivity index (χ3v) is 5.47. The molecule has 28 heavy (non-hydrogen) atoms. The molecular formula is C25H24O3. The first-order chi connectivity index (χ1) is 13.7. The van der Waals surface area contributed by atoms with Gasteiger partial charge in [-0.3, -0.25) is 0 Å². The van der Waals surface area contributed by atoms with Gasteiger partial charge in [-0.05, 0) is 35.2 Å². The van der Waals surface area contributed by atoms with Crippen molar-refractivity contribution in [2.45, 2.75) is 24.5 Å². The number of aliphatic hydroxyl groups excluding tert-OH is 1. The second-order valence-electron chi connectivity index (χ2n) is 7.05. The average molecular weight is 372 g/mol. The smallest absolute Gasteiger partial charge is 0.161 e. The van der Waals surface area contributed by atoms with Crippen molar-refractivity contribution in [3.05, 3.63) is 108 Å². The van der Waals surface area contributed by atoms with Gasteiger partial charge in [-0.15, -0.1) is 0 Å². The summed E-state index contributed by atoms with van der Waals surface area (Å²) in [6.45, 7) is 0.477. The van der Waals surface area contributed by atoms with Crippen molar-refractivity contribution in [1.29, 1.82) is 0 Å². The van der Waals surface area contributed by atoms with Crippen molar-refractivity contribution in [1.82, 2.24) is 0 Å². The molecule has 0 saturated heterocycles. The first kappa shape index (κ1) is 18.3. The SMILES string of the molecule is COc1cc([C@]2(c3ccccc3)CC=C[C@@H]2O)ccc1OCc1ccccc1. The van der Waals surface area contributed by atoms with E-state index < -0.39 is 11.5 Å². The van der Waals surface area contributed by atoms with E-state index in [9.17, 15) is 5.11 Å². The van der Waals surface area contributed by atoms with Crippen LogP contribution in [0, 0.1) is 0 Å². The number of benzene rings is 3. The molecule has 0 aromatic heterocycles. The topological polar surface area (TPSA) is 38.7 Å². The zero-order chi connectivity index (χ0) is 19.4. The Hall–Kier alpha value is -3.04. The standard InChI is InChI=1S/C25H24O3/c1-27-23-17-21(14-15-22(23)28-18-19-9-4-2-5-10-19)25(16-8-13-24(25)26)20-11-6-3-7-12-20/h2-15,17,24,26H,16,18H2,1H3/t24-,25+/m0/s1. The van der Waals surface area contributed by atoms with Crippen LogP contribution in [0.5, 0.6) is 11.5 Å². The lowest BCUT2D eigenvalue weighted by Gasteiger charge is -2.34. The molecule has 3 heteroatoms.